The number of aliphatic imine (C=N–C) groups is 1. The lowest BCUT2D eigenvalue weighted by molar-refractivity contribution is -0.114. The molecule has 106 valence electrons. The Hall–Kier alpha value is -1.84. The molecule has 4 nitrogen and oxygen atoms in total. The fourth-order valence-electron chi connectivity index (χ4n) is 1.37. The highest BCUT2D eigenvalue weighted by atomic mass is 16.1. The molecule has 0 atom stereocenters. The van der Waals surface area contributed by atoms with Crippen LogP contribution in [0.4, 0.5) is 0 Å². The molecule has 0 rings (SSSR count). The molecule has 0 aliphatic rings. The van der Waals surface area contributed by atoms with Crippen molar-refractivity contribution in [2.45, 2.75) is 47.0 Å². The van der Waals surface area contributed by atoms with Gasteiger partial charge in [-0.25, -0.2) is 4.99 Å². The van der Waals surface area contributed by atoms with Crippen molar-refractivity contribution < 1.29 is 4.79 Å². The second-order valence-electron chi connectivity index (χ2n) is 4.47. The van der Waals surface area contributed by atoms with Gasteiger partial charge in [0.15, 0.2) is 0 Å². The summed E-state index contributed by atoms with van der Waals surface area (Å²) in [6, 6.07) is 0. The Bertz CT molecular complexity index is 425. The maximum absolute atomic E-state index is 11.6. The van der Waals surface area contributed by atoms with Crippen molar-refractivity contribution in [1.29, 1.82) is 0 Å². The van der Waals surface area contributed by atoms with Crippen LogP contribution in [0.3, 0.4) is 0 Å². The average molecular weight is 263 g/mol. The van der Waals surface area contributed by atoms with Crippen molar-refractivity contribution in [2.75, 3.05) is 0 Å². The zero-order valence-electron chi connectivity index (χ0n) is 12.4. The van der Waals surface area contributed by atoms with Crippen LogP contribution in [0.1, 0.15) is 47.0 Å². The molecule has 0 heterocycles. The van der Waals surface area contributed by atoms with Crippen molar-refractivity contribution in [2.24, 2.45) is 16.5 Å². The van der Waals surface area contributed by atoms with Crippen LogP contribution in [0.15, 0.2) is 40.1 Å². The lowest BCUT2D eigenvalue weighted by Gasteiger charge is -2.06. The summed E-state index contributed by atoms with van der Waals surface area (Å²) in [5.74, 6) is 0.00379. The molecule has 0 radical (unpaired) electrons. The predicted octanol–water partition coefficient (Wildman–Crippen LogP) is 2.82. The summed E-state index contributed by atoms with van der Waals surface area (Å²) in [7, 11) is 0. The molecule has 1 amide bonds. The van der Waals surface area contributed by atoms with E-state index >= 15 is 0 Å². The smallest absolute Gasteiger partial charge is 0.249 e. The number of allylic oxidation sites excluding steroid dienone is 3. The standard InChI is InChI=1S/C15H25N3O/c1-5-7-8-14(15(17)19)13(9-11(3)6-2)10-18-12(4)16/h8-10H,5-7H2,1-4H3,(H2,16,18)(H2,17,19)/b11-9?,13-10+,14-8+. The Labute approximate surface area is 116 Å². The number of primary amides is 1. The topological polar surface area (TPSA) is 81.5 Å². The summed E-state index contributed by atoms with van der Waals surface area (Å²) in [6.45, 7) is 7.81. The first kappa shape index (κ1) is 17.2. The van der Waals surface area contributed by atoms with Gasteiger partial charge in [-0.05, 0) is 26.7 Å². The molecule has 0 aromatic carbocycles. The number of nitrogens with two attached hydrogens (primary N) is 2. The molecule has 0 aliphatic carbocycles. The van der Waals surface area contributed by atoms with Crippen molar-refractivity contribution in [3.8, 4) is 0 Å². The largest absolute Gasteiger partial charge is 0.387 e. The van der Waals surface area contributed by atoms with Crippen LogP contribution in [0, 0.1) is 0 Å². The predicted molar refractivity (Wildman–Crippen MR) is 81.6 cm³/mol. The fourth-order valence-corrected chi connectivity index (χ4v) is 1.37. The van der Waals surface area contributed by atoms with Gasteiger partial charge in [-0.2, -0.15) is 0 Å². The zero-order valence-corrected chi connectivity index (χ0v) is 12.4. The Morgan fingerprint density at radius 1 is 1.21 bits per heavy atom. The third kappa shape index (κ3) is 7.24. The number of amidine groups is 1. The molecule has 4 heteroatoms. The molecule has 0 spiro atoms. The number of hydrogen-bond donors (Lipinski definition) is 2. The third-order valence-corrected chi connectivity index (χ3v) is 2.58. The fraction of sp³-hybridized carbons (Fsp3) is 0.467. The lowest BCUT2D eigenvalue weighted by Crippen LogP contribution is -2.15. The number of amides is 1. The number of unbranched alkanes of at least 4 members (excludes halogenated alkanes) is 1. The number of carbonyl (C=O) groups is 1. The van der Waals surface area contributed by atoms with E-state index in [2.05, 4.69) is 11.9 Å². The highest BCUT2D eigenvalue weighted by molar-refractivity contribution is 5.97. The first-order valence-electron chi connectivity index (χ1n) is 6.59. The van der Waals surface area contributed by atoms with Gasteiger partial charge in [0.05, 0.1) is 5.84 Å². The minimum Gasteiger partial charge on any atom is -0.387 e. The highest BCUT2D eigenvalue weighted by Crippen LogP contribution is 2.16. The summed E-state index contributed by atoms with van der Waals surface area (Å²) in [5.41, 5.74) is 13.3. The molecule has 0 bridgehead atoms. The van der Waals surface area contributed by atoms with Crippen LogP contribution in [-0.2, 0) is 4.79 Å². The van der Waals surface area contributed by atoms with Crippen LogP contribution in [-0.4, -0.2) is 11.7 Å². The van der Waals surface area contributed by atoms with E-state index in [1.807, 2.05) is 26.0 Å². The molecule has 0 aromatic rings. The molecule has 0 fully saturated rings. The zero-order chi connectivity index (χ0) is 14.8. The summed E-state index contributed by atoms with van der Waals surface area (Å²) in [6.07, 6.45) is 8.05. The van der Waals surface area contributed by atoms with Gasteiger partial charge in [0, 0.05) is 17.3 Å². The molecular formula is C15H25N3O. The van der Waals surface area contributed by atoms with Gasteiger partial charge in [-0.15, -0.1) is 0 Å². The van der Waals surface area contributed by atoms with E-state index in [-0.39, 0.29) is 0 Å². The van der Waals surface area contributed by atoms with E-state index in [9.17, 15) is 4.79 Å². The molecular weight excluding hydrogens is 238 g/mol. The van der Waals surface area contributed by atoms with Gasteiger partial charge in [0.1, 0.15) is 0 Å². The summed E-state index contributed by atoms with van der Waals surface area (Å²) in [5, 5.41) is 0. The number of hydrogen-bond acceptors (Lipinski definition) is 2. The molecule has 0 saturated carbocycles. The minimum absolute atomic E-state index is 0.440. The van der Waals surface area contributed by atoms with Gasteiger partial charge < -0.3 is 11.5 Å². The third-order valence-electron chi connectivity index (χ3n) is 2.58. The maximum Gasteiger partial charge on any atom is 0.249 e. The van der Waals surface area contributed by atoms with Gasteiger partial charge in [0.25, 0.3) is 0 Å². The highest BCUT2D eigenvalue weighted by Gasteiger charge is 2.09. The van der Waals surface area contributed by atoms with Crippen molar-refractivity contribution in [3.63, 3.8) is 0 Å². The first-order valence-corrected chi connectivity index (χ1v) is 6.59. The van der Waals surface area contributed by atoms with E-state index in [0.717, 1.165) is 24.8 Å². The summed E-state index contributed by atoms with van der Waals surface area (Å²) >= 11 is 0. The van der Waals surface area contributed by atoms with E-state index < -0.39 is 5.91 Å². The van der Waals surface area contributed by atoms with E-state index in [1.165, 1.54) is 0 Å². The lowest BCUT2D eigenvalue weighted by atomic mass is 10.0. The normalized spacial score (nSPS) is 14.7. The number of carbonyl (C=O) groups excluding carboxylic acids is 1. The van der Waals surface area contributed by atoms with Gasteiger partial charge in [-0.3, -0.25) is 4.79 Å². The summed E-state index contributed by atoms with van der Waals surface area (Å²) in [4.78, 5) is 15.6. The summed E-state index contributed by atoms with van der Waals surface area (Å²) < 4.78 is 0. The minimum atomic E-state index is -0.440. The van der Waals surface area contributed by atoms with Crippen LogP contribution in [0.25, 0.3) is 0 Å². The maximum atomic E-state index is 11.6. The Morgan fingerprint density at radius 2 is 1.84 bits per heavy atom. The van der Waals surface area contributed by atoms with Crippen LogP contribution >= 0.6 is 0 Å². The van der Waals surface area contributed by atoms with Crippen LogP contribution < -0.4 is 11.5 Å². The van der Waals surface area contributed by atoms with Crippen LogP contribution in [0.5, 0.6) is 0 Å². The number of nitrogens with zero attached hydrogens (tertiary/aromatic N) is 1. The average Bonchev–Trinajstić information content (AvgIpc) is 2.35. The van der Waals surface area contributed by atoms with E-state index in [1.54, 1.807) is 13.1 Å². The number of rotatable bonds is 7. The SMILES string of the molecule is CCC/C=C(C(N)=O)\C(C=C(C)CC)=C\N=C(C)N. The van der Waals surface area contributed by atoms with Gasteiger partial charge in [0.2, 0.25) is 5.91 Å². The Balaban J connectivity index is 5.60. The van der Waals surface area contributed by atoms with E-state index in [4.69, 9.17) is 11.5 Å². The molecule has 19 heavy (non-hydrogen) atoms. The van der Waals surface area contributed by atoms with Crippen molar-refractivity contribution in [1.82, 2.24) is 0 Å². The molecule has 0 aliphatic heterocycles. The van der Waals surface area contributed by atoms with Crippen molar-refractivity contribution in [3.05, 3.63) is 35.1 Å². The van der Waals surface area contributed by atoms with Crippen LogP contribution in [0.2, 0.25) is 0 Å². The Morgan fingerprint density at radius 3 is 2.26 bits per heavy atom. The van der Waals surface area contributed by atoms with Gasteiger partial charge in [-0.1, -0.05) is 38.0 Å². The Kier molecular flexibility index (Phi) is 8.25. The quantitative estimate of drug-likeness (QED) is 0.320. The first-order chi connectivity index (χ1) is 8.92. The van der Waals surface area contributed by atoms with E-state index in [0.29, 0.717) is 17.0 Å². The molecule has 4 N–H and O–H groups in total. The molecule has 0 aromatic heterocycles. The second-order valence-corrected chi connectivity index (χ2v) is 4.47. The van der Waals surface area contributed by atoms with Gasteiger partial charge >= 0.3 is 0 Å². The molecule has 0 unspecified atom stereocenters. The second kappa shape index (κ2) is 9.14. The van der Waals surface area contributed by atoms with Crippen molar-refractivity contribution >= 4 is 11.7 Å². The monoisotopic (exact) mass is 263 g/mol. The molecule has 0 saturated heterocycles.